The Morgan fingerprint density at radius 3 is 2.24 bits per heavy atom. The molecule has 7 heteroatoms. The lowest BCUT2D eigenvalue weighted by molar-refractivity contribution is 0.0991. The second kappa shape index (κ2) is 13.1. The third-order valence-electron chi connectivity index (χ3n) is 6.67. The molecule has 34 heavy (non-hydrogen) atoms. The molecule has 0 radical (unpaired) electrons. The van der Waals surface area contributed by atoms with Crippen LogP contribution in [0.2, 0.25) is 0 Å². The molecule has 0 spiro atoms. The number of nitrogens with two attached hydrogens (primary N) is 1. The van der Waals surface area contributed by atoms with Crippen molar-refractivity contribution in [1.29, 1.82) is 11.1 Å². The number of piperidine rings is 1. The van der Waals surface area contributed by atoms with Crippen molar-refractivity contribution in [3.63, 3.8) is 0 Å². The van der Waals surface area contributed by atoms with E-state index in [9.17, 15) is 0 Å². The third-order valence-corrected chi connectivity index (χ3v) is 6.67. The van der Waals surface area contributed by atoms with Crippen LogP contribution in [0.3, 0.4) is 0 Å². The lowest BCUT2D eigenvalue weighted by atomic mass is 9.75. The fourth-order valence-corrected chi connectivity index (χ4v) is 4.74. The number of hydrogen-bond donors (Lipinski definition) is 3. The Morgan fingerprint density at radius 2 is 1.68 bits per heavy atom. The fourth-order valence-electron chi connectivity index (χ4n) is 4.74. The molecule has 3 rings (SSSR count). The third kappa shape index (κ3) is 7.03. The SMILES string of the molecule is COc1cccc(C(C(N)=NCCc2ccccc2)N2CCC(C(C)(C)C)CC2)c1OC.N=N. The largest absolute Gasteiger partial charge is 0.493 e. The summed E-state index contributed by atoms with van der Waals surface area (Å²) in [5.41, 5.74) is 19.3. The van der Waals surface area contributed by atoms with Crippen LogP contribution < -0.4 is 15.2 Å². The molecule has 0 saturated carbocycles. The number of hydrogen-bond acceptors (Lipinski definition) is 6. The summed E-state index contributed by atoms with van der Waals surface area (Å²) < 4.78 is 11.3. The van der Waals surface area contributed by atoms with E-state index in [1.165, 1.54) is 5.56 Å². The first kappa shape index (κ1) is 27.3. The zero-order chi connectivity index (χ0) is 25.1. The van der Waals surface area contributed by atoms with Crippen molar-refractivity contribution in [2.24, 2.45) is 22.1 Å². The highest BCUT2D eigenvalue weighted by Crippen LogP contribution is 2.40. The van der Waals surface area contributed by atoms with Crippen LogP contribution in [-0.4, -0.2) is 44.6 Å². The van der Waals surface area contributed by atoms with Crippen LogP contribution in [0.15, 0.2) is 53.5 Å². The Labute approximate surface area is 204 Å². The van der Waals surface area contributed by atoms with Gasteiger partial charge in [0.15, 0.2) is 11.5 Å². The smallest absolute Gasteiger partial charge is 0.165 e. The van der Waals surface area contributed by atoms with Crippen LogP contribution in [0.25, 0.3) is 0 Å². The average Bonchev–Trinajstić information content (AvgIpc) is 2.85. The van der Waals surface area contributed by atoms with E-state index in [1.54, 1.807) is 14.2 Å². The summed E-state index contributed by atoms with van der Waals surface area (Å²) in [4.78, 5) is 7.29. The molecule has 1 aliphatic rings. The van der Waals surface area contributed by atoms with Gasteiger partial charge in [-0.3, -0.25) is 9.89 Å². The summed E-state index contributed by atoms with van der Waals surface area (Å²) in [7, 11) is 3.36. The summed E-state index contributed by atoms with van der Waals surface area (Å²) in [5.74, 6) is 2.81. The molecule has 4 N–H and O–H groups in total. The molecule has 1 saturated heterocycles. The summed E-state index contributed by atoms with van der Waals surface area (Å²) in [5, 5.41) is 0. The Bertz CT molecular complexity index is 903. The highest BCUT2D eigenvalue weighted by Gasteiger charge is 2.34. The van der Waals surface area contributed by atoms with E-state index >= 15 is 0 Å². The maximum absolute atomic E-state index is 6.69. The average molecular weight is 468 g/mol. The Balaban J connectivity index is 0.00000199. The molecule has 2 aromatic carbocycles. The van der Waals surface area contributed by atoms with E-state index in [2.05, 4.69) is 56.0 Å². The van der Waals surface area contributed by atoms with Crippen molar-refractivity contribution in [2.45, 2.75) is 46.1 Å². The van der Waals surface area contributed by atoms with Gasteiger partial charge in [-0.2, -0.15) is 0 Å². The number of benzene rings is 2. The molecule has 1 heterocycles. The molecule has 0 aliphatic carbocycles. The molecule has 0 bridgehead atoms. The van der Waals surface area contributed by atoms with Gasteiger partial charge in [-0.15, -0.1) is 0 Å². The monoisotopic (exact) mass is 467 g/mol. The van der Waals surface area contributed by atoms with Crippen LogP contribution >= 0.6 is 0 Å². The second-order valence-corrected chi connectivity index (χ2v) is 9.70. The van der Waals surface area contributed by atoms with Gasteiger partial charge in [0.25, 0.3) is 0 Å². The minimum Gasteiger partial charge on any atom is -0.493 e. The summed E-state index contributed by atoms with van der Waals surface area (Å²) in [6, 6.07) is 16.3. The van der Waals surface area contributed by atoms with Crippen molar-refractivity contribution in [2.75, 3.05) is 33.9 Å². The zero-order valence-electron chi connectivity index (χ0n) is 21.3. The molecular weight excluding hydrogens is 426 g/mol. The number of likely N-dealkylation sites (tertiary alicyclic amines) is 1. The summed E-state index contributed by atoms with van der Waals surface area (Å²) in [6.07, 6.45) is 3.18. The van der Waals surface area contributed by atoms with Gasteiger partial charge in [0.05, 0.1) is 20.3 Å². The Kier molecular flexibility index (Phi) is 10.5. The van der Waals surface area contributed by atoms with Gasteiger partial charge in [0.1, 0.15) is 5.84 Å². The highest BCUT2D eigenvalue weighted by molar-refractivity contribution is 5.88. The van der Waals surface area contributed by atoms with E-state index in [1.807, 2.05) is 18.2 Å². The number of para-hydroxylation sites is 1. The number of aliphatic imine (C=N–C) groups is 1. The summed E-state index contributed by atoms with van der Waals surface area (Å²) in [6.45, 7) is 9.67. The van der Waals surface area contributed by atoms with Gasteiger partial charge >= 0.3 is 0 Å². The first-order valence-corrected chi connectivity index (χ1v) is 11.9. The lowest BCUT2D eigenvalue weighted by Gasteiger charge is -2.42. The number of nitrogens with zero attached hydrogens (tertiary/aromatic N) is 2. The topological polar surface area (TPSA) is 108 Å². The number of ether oxygens (including phenoxy) is 2. The molecular formula is C27H41N5O2. The summed E-state index contributed by atoms with van der Waals surface area (Å²) >= 11 is 0. The quantitative estimate of drug-likeness (QED) is 0.263. The van der Waals surface area contributed by atoms with E-state index in [-0.39, 0.29) is 6.04 Å². The number of nitrogens with one attached hydrogen (secondary N) is 2. The molecule has 186 valence electrons. The van der Waals surface area contributed by atoms with Gasteiger partial charge < -0.3 is 15.2 Å². The zero-order valence-corrected chi connectivity index (χ0v) is 21.3. The van der Waals surface area contributed by atoms with Gasteiger partial charge in [0.2, 0.25) is 0 Å². The van der Waals surface area contributed by atoms with E-state index in [4.69, 9.17) is 31.3 Å². The first-order valence-electron chi connectivity index (χ1n) is 11.9. The first-order chi connectivity index (χ1) is 16.3. The van der Waals surface area contributed by atoms with Crippen LogP contribution in [-0.2, 0) is 6.42 Å². The van der Waals surface area contributed by atoms with Gasteiger partial charge in [-0.1, -0.05) is 63.2 Å². The fraction of sp³-hybridized carbons (Fsp3) is 0.519. The second-order valence-electron chi connectivity index (χ2n) is 9.70. The minimum absolute atomic E-state index is 0.128. The molecule has 1 atom stereocenters. The molecule has 7 nitrogen and oxygen atoms in total. The van der Waals surface area contributed by atoms with E-state index in [0.717, 1.165) is 49.4 Å². The standard InChI is InChI=1S/C27H39N3O2.H2N2/c1-27(2,3)21-15-18-30(19-16-21)24(22-12-9-13-23(31-4)25(22)32-5)26(28)29-17-14-20-10-7-6-8-11-20;1-2/h6-13,21,24H,14-19H2,1-5H3,(H2,28,29);1-2H. The maximum atomic E-state index is 6.69. The van der Waals surface area contributed by atoms with Crippen LogP contribution in [0, 0.1) is 22.4 Å². The van der Waals surface area contributed by atoms with Crippen LogP contribution in [0.5, 0.6) is 11.5 Å². The molecule has 2 aromatic rings. The minimum atomic E-state index is -0.128. The normalized spacial score (nSPS) is 16.3. The van der Waals surface area contributed by atoms with Gasteiger partial charge in [0, 0.05) is 12.1 Å². The Hall–Kier alpha value is -2.93. The predicted octanol–water partition coefficient (Wildman–Crippen LogP) is 5.70. The van der Waals surface area contributed by atoms with Crippen molar-refractivity contribution in [1.82, 2.24) is 4.90 Å². The predicted molar refractivity (Wildman–Crippen MR) is 138 cm³/mol. The van der Waals surface area contributed by atoms with E-state index in [0.29, 0.717) is 23.7 Å². The van der Waals surface area contributed by atoms with Crippen molar-refractivity contribution in [3.8, 4) is 11.5 Å². The molecule has 1 fully saturated rings. The molecule has 0 aromatic heterocycles. The van der Waals surface area contributed by atoms with Crippen LogP contribution in [0.4, 0.5) is 0 Å². The molecule has 1 unspecified atom stereocenters. The van der Waals surface area contributed by atoms with Crippen molar-refractivity contribution < 1.29 is 9.47 Å². The number of methoxy groups -OCH3 is 2. The van der Waals surface area contributed by atoms with Crippen molar-refractivity contribution in [3.05, 3.63) is 59.7 Å². The molecule has 0 amide bonds. The Morgan fingerprint density at radius 1 is 1.03 bits per heavy atom. The van der Waals surface area contributed by atoms with Crippen molar-refractivity contribution >= 4 is 5.84 Å². The number of amidine groups is 1. The van der Waals surface area contributed by atoms with Gasteiger partial charge in [-0.05, 0) is 55.3 Å². The lowest BCUT2D eigenvalue weighted by Crippen LogP contribution is -2.44. The van der Waals surface area contributed by atoms with E-state index < -0.39 is 0 Å². The highest BCUT2D eigenvalue weighted by atomic mass is 16.5. The van der Waals surface area contributed by atoms with Gasteiger partial charge in [-0.25, -0.2) is 11.1 Å². The number of rotatable bonds is 8. The molecule has 1 aliphatic heterocycles. The van der Waals surface area contributed by atoms with Crippen LogP contribution in [0.1, 0.15) is 50.8 Å². The maximum Gasteiger partial charge on any atom is 0.165 e.